The van der Waals surface area contributed by atoms with Crippen molar-refractivity contribution in [2.75, 3.05) is 29.5 Å². The lowest BCUT2D eigenvalue weighted by atomic mass is 10.2. The third-order valence-electron chi connectivity index (χ3n) is 4.28. The van der Waals surface area contributed by atoms with Crippen molar-refractivity contribution in [3.05, 3.63) is 54.1 Å². The van der Waals surface area contributed by atoms with Crippen LogP contribution >= 0.6 is 0 Å². The molecule has 1 atom stereocenters. The molecule has 2 aromatic rings. The van der Waals surface area contributed by atoms with Crippen LogP contribution in [0.1, 0.15) is 30.6 Å². The van der Waals surface area contributed by atoms with Crippen molar-refractivity contribution < 1.29 is 27.5 Å². The fraction of sp³-hybridized carbons (Fsp3) is 0.333. The number of anilines is 2. The molecule has 30 heavy (non-hydrogen) atoms. The molecular weight excluding hydrogens is 408 g/mol. The number of benzene rings is 2. The SMILES string of the molecule is CCOC(=O)c1cccc(NC(=O)C(CC)Oc2ccc(N(C)S(C)(=O)=O)cc2)c1. The van der Waals surface area contributed by atoms with Crippen LogP contribution in [0.25, 0.3) is 0 Å². The Morgan fingerprint density at radius 2 is 1.77 bits per heavy atom. The molecule has 0 saturated carbocycles. The Morgan fingerprint density at radius 3 is 2.33 bits per heavy atom. The lowest BCUT2D eigenvalue weighted by Crippen LogP contribution is -2.32. The van der Waals surface area contributed by atoms with Gasteiger partial charge in [0.25, 0.3) is 5.91 Å². The first kappa shape index (κ1) is 23.2. The molecule has 0 fully saturated rings. The van der Waals surface area contributed by atoms with Gasteiger partial charge in [0.15, 0.2) is 6.10 Å². The molecule has 0 aliphatic heterocycles. The molecule has 0 aromatic heterocycles. The molecule has 0 heterocycles. The third-order valence-corrected chi connectivity index (χ3v) is 5.49. The second kappa shape index (κ2) is 10.1. The van der Waals surface area contributed by atoms with E-state index in [1.165, 1.54) is 7.05 Å². The highest BCUT2D eigenvalue weighted by atomic mass is 32.2. The van der Waals surface area contributed by atoms with Gasteiger partial charge in [0, 0.05) is 12.7 Å². The van der Waals surface area contributed by atoms with E-state index in [1.807, 2.05) is 6.92 Å². The summed E-state index contributed by atoms with van der Waals surface area (Å²) in [5, 5.41) is 2.74. The van der Waals surface area contributed by atoms with Crippen LogP contribution in [-0.2, 0) is 19.6 Å². The number of hydrogen-bond donors (Lipinski definition) is 1. The monoisotopic (exact) mass is 434 g/mol. The highest BCUT2D eigenvalue weighted by molar-refractivity contribution is 7.92. The first-order valence-corrected chi connectivity index (χ1v) is 11.3. The first-order chi connectivity index (χ1) is 14.2. The molecule has 0 aliphatic rings. The normalized spacial score (nSPS) is 12.0. The van der Waals surface area contributed by atoms with Crippen LogP contribution in [0.4, 0.5) is 11.4 Å². The summed E-state index contributed by atoms with van der Waals surface area (Å²) in [6.45, 7) is 3.80. The van der Waals surface area contributed by atoms with Gasteiger partial charge in [-0.05, 0) is 55.8 Å². The zero-order valence-corrected chi connectivity index (χ0v) is 18.2. The minimum Gasteiger partial charge on any atom is -0.481 e. The Hall–Kier alpha value is -3.07. The van der Waals surface area contributed by atoms with Crippen LogP contribution in [-0.4, -0.2) is 46.3 Å². The Balaban J connectivity index is 2.07. The number of carbonyl (C=O) groups is 2. The molecule has 0 bridgehead atoms. The van der Waals surface area contributed by atoms with Gasteiger partial charge < -0.3 is 14.8 Å². The van der Waals surface area contributed by atoms with Crippen molar-refractivity contribution in [1.82, 2.24) is 0 Å². The highest BCUT2D eigenvalue weighted by Gasteiger charge is 2.20. The second-order valence-corrected chi connectivity index (χ2v) is 8.54. The summed E-state index contributed by atoms with van der Waals surface area (Å²) in [5.41, 5.74) is 1.28. The molecule has 0 spiro atoms. The van der Waals surface area contributed by atoms with Crippen LogP contribution in [0.5, 0.6) is 5.75 Å². The fourth-order valence-electron chi connectivity index (χ4n) is 2.57. The Morgan fingerprint density at radius 1 is 1.10 bits per heavy atom. The Kier molecular flexibility index (Phi) is 7.82. The van der Waals surface area contributed by atoms with Gasteiger partial charge in [-0.25, -0.2) is 13.2 Å². The molecule has 162 valence electrons. The number of amides is 1. The minimum atomic E-state index is -3.36. The van der Waals surface area contributed by atoms with Gasteiger partial charge in [-0.15, -0.1) is 0 Å². The van der Waals surface area contributed by atoms with Crippen molar-refractivity contribution >= 4 is 33.3 Å². The average Bonchev–Trinajstić information content (AvgIpc) is 2.71. The molecule has 0 radical (unpaired) electrons. The van der Waals surface area contributed by atoms with Gasteiger partial charge in [-0.3, -0.25) is 9.10 Å². The smallest absolute Gasteiger partial charge is 0.338 e. The fourth-order valence-corrected chi connectivity index (χ4v) is 3.08. The lowest BCUT2D eigenvalue weighted by molar-refractivity contribution is -0.122. The topological polar surface area (TPSA) is 102 Å². The number of sulfonamides is 1. The second-order valence-electron chi connectivity index (χ2n) is 6.53. The van der Waals surface area contributed by atoms with Gasteiger partial charge in [-0.2, -0.15) is 0 Å². The predicted molar refractivity (Wildman–Crippen MR) is 115 cm³/mol. The molecule has 2 aromatic carbocycles. The number of carbonyl (C=O) groups excluding carboxylic acids is 2. The van der Waals surface area contributed by atoms with Gasteiger partial charge in [0.1, 0.15) is 5.75 Å². The summed E-state index contributed by atoms with van der Waals surface area (Å²) in [6.07, 6.45) is 0.759. The summed E-state index contributed by atoms with van der Waals surface area (Å²) >= 11 is 0. The molecular formula is C21H26N2O6S. The van der Waals surface area contributed by atoms with E-state index in [4.69, 9.17) is 9.47 Å². The summed E-state index contributed by atoms with van der Waals surface area (Å²) in [7, 11) is -1.91. The Bertz CT molecular complexity index is 989. The third kappa shape index (κ3) is 6.21. The minimum absolute atomic E-state index is 0.264. The number of nitrogens with zero attached hydrogens (tertiary/aromatic N) is 1. The first-order valence-electron chi connectivity index (χ1n) is 9.44. The highest BCUT2D eigenvalue weighted by Crippen LogP contribution is 2.22. The van der Waals surface area contributed by atoms with Crippen molar-refractivity contribution in [3.8, 4) is 5.75 Å². The van der Waals surface area contributed by atoms with Gasteiger partial charge >= 0.3 is 5.97 Å². The van der Waals surface area contributed by atoms with Crippen molar-refractivity contribution in [3.63, 3.8) is 0 Å². The Labute approximate surface area is 176 Å². The van der Waals surface area contributed by atoms with E-state index in [-0.39, 0.29) is 12.5 Å². The zero-order valence-electron chi connectivity index (χ0n) is 17.4. The van der Waals surface area contributed by atoms with Gasteiger partial charge in [-0.1, -0.05) is 13.0 Å². The maximum absolute atomic E-state index is 12.6. The molecule has 0 aliphatic carbocycles. The van der Waals surface area contributed by atoms with Crippen LogP contribution < -0.4 is 14.4 Å². The average molecular weight is 435 g/mol. The number of ether oxygens (including phenoxy) is 2. The quantitative estimate of drug-likeness (QED) is 0.609. The standard InChI is InChI=1S/C21H26N2O6S/c1-5-19(29-18-12-10-17(11-13-18)23(3)30(4,26)27)20(24)22-16-9-7-8-15(14-16)21(25)28-6-2/h7-14,19H,5-6H2,1-4H3,(H,22,24). The summed E-state index contributed by atoms with van der Waals surface area (Å²) in [5.74, 6) is -0.394. The molecule has 2 rings (SSSR count). The van der Waals surface area contributed by atoms with Gasteiger partial charge in [0.05, 0.1) is 24.1 Å². The van der Waals surface area contributed by atoms with E-state index in [0.717, 1.165) is 10.6 Å². The number of rotatable bonds is 9. The van der Waals surface area contributed by atoms with E-state index < -0.39 is 22.1 Å². The van der Waals surface area contributed by atoms with E-state index in [1.54, 1.807) is 55.5 Å². The maximum atomic E-state index is 12.6. The van der Waals surface area contributed by atoms with Crippen molar-refractivity contribution in [2.45, 2.75) is 26.4 Å². The zero-order chi connectivity index (χ0) is 22.3. The predicted octanol–water partition coefficient (Wildman–Crippen LogP) is 3.06. The van der Waals surface area contributed by atoms with E-state index in [0.29, 0.717) is 29.1 Å². The van der Waals surface area contributed by atoms with Crippen molar-refractivity contribution in [1.29, 1.82) is 0 Å². The van der Waals surface area contributed by atoms with Crippen molar-refractivity contribution in [2.24, 2.45) is 0 Å². The molecule has 1 N–H and O–H groups in total. The van der Waals surface area contributed by atoms with Gasteiger partial charge in [0.2, 0.25) is 10.0 Å². The van der Waals surface area contributed by atoms with Crippen LogP contribution in [0.2, 0.25) is 0 Å². The maximum Gasteiger partial charge on any atom is 0.338 e. The van der Waals surface area contributed by atoms with E-state index in [9.17, 15) is 18.0 Å². The van der Waals surface area contributed by atoms with E-state index >= 15 is 0 Å². The molecule has 0 saturated heterocycles. The van der Waals surface area contributed by atoms with Crippen LogP contribution in [0.15, 0.2) is 48.5 Å². The number of hydrogen-bond acceptors (Lipinski definition) is 6. The summed E-state index contributed by atoms with van der Waals surface area (Å²) in [6, 6.07) is 12.9. The lowest BCUT2D eigenvalue weighted by Gasteiger charge is -2.19. The van der Waals surface area contributed by atoms with Crippen LogP contribution in [0, 0.1) is 0 Å². The van der Waals surface area contributed by atoms with Crippen LogP contribution in [0.3, 0.4) is 0 Å². The number of esters is 1. The number of nitrogens with one attached hydrogen (secondary N) is 1. The summed E-state index contributed by atoms with van der Waals surface area (Å²) in [4.78, 5) is 24.5. The summed E-state index contributed by atoms with van der Waals surface area (Å²) < 4.78 is 35.1. The molecule has 1 unspecified atom stereocenters. The molecule has 1 amide bonds. The largest absolute Gasteiger partial charge is 0.481 e. The molecule has 8 nitrogen and oxygen atoms in total. The van der Waals surface area contributed by atoms with E-state index in [2.05, 4.69) is 5.32 Å². The molecule has 9 heteroatoms.